The Kier molecular flexibility index (Phi) is 5.48. The molecule has 0 bridgehead atoms. The van der Waals surface area contributed by atoms with Crippen LogP contribution in [-0.4, -0.2) is 19.8 Å². The number of nitrogens with zero attached hydrogens (tertiary/aromatic N) is 1. The molecule has 21 heavy (non-hydrogen) atoms. The minimum Gasteiger partial charge on any atom is -0.207 e. The van der Waals surface area contributed by atoms with E-state index in [0.29, 0.717) is 22.9 Å². The molecule has 0 spiro atoms. The van der Waals surface area contributed by atoms with E-state index in [1.165, 1.54) is 15.6 Å². The molecule has 0 unspecified atom stereocenters. The molecule has 1 aromatic carbocycles. The Morgan fingerprint density at radius 1 is 1.38 bits per heavy atom. The molecule has 0 aliphatic carbocycles. The third-order valence-corrected chi connectivity index (χ3v) is 7.15. The monoisotopic (exact) mass is 407 g/mol. The molecule has 0 saturated heterocycles. The highest BCUT2D eigenvalue weighted by Crippen LogP contribution is 2.26. The maximum atomic E-state index is 12.7. The van der Waals surface area contributed by atoms with Crippen molar-refractivity contribution < 1.29 is 8.42 Å². The van der Waals surface area contributed by atoms with Crippen LogP contribution in [0.25, 0.3) is 0 Å². The predicted octanol–water partition coefficient (Wildman–Crippen LogP) is 4.38. The SMILES string of the molecule is Cc1c(CCl)cccc1S(=O)(=O)N(C)Cc1cc(Br)cs1. The van der Waals surface area contributed by atoms with E-state index in [4.69, 9.17) is 11.6 Å². The lowest BCUT2D eigenvalue weighted by Gasteiger charge is -2.18. The summed E-state index contributed by atoms with van der Waals surface area (Å²) < 4.78 is 27.7. The van der Waals surface area contributed by atoms with Crippen LogP contribution in [0.5, 0.6) is 0 Å². The van der Waals surface area contributed by atoms with E-state index in [2.05, 4.69) is 15.9 Å². The lowest BCUT2D eigenvalue weighted by atomic mass is 10.1. The van der Waals surface area contributed by atoms with Crippen LogP contribution < -0.4 is 0 Å². The van der Waals surface area contributed by atoms with Crippen LogP contribution in [0.2, 0.25) is 0 Å². The van der Waals surface area contributed by atoms with Crippen LogP contribution >= 0.6 is 38.9 Å². The van der Waals surface area contributed by atoms with Gasteiger partial charge in [-0.1, -0.05) is 12.1 Å². The van der Waals surface area contributed by atoms with Gasteiger partial charge in [0.1, 0.15) is 0 Å². The third-order valence-electron chi connectivity index (χ3n) is 3.23. The van der Waals surface area contributed by atoms with Crippen LogP contribution in [0.4, 0.5) is 0 Å². The molecule has 3 nitrogen and oxygen atoms in total. The second kappa shape index (κ2) is 6.79. The van der Waals surface area contributed by atoms with Gasteiger partial charge in [-0.15, -0.1) is 22.9 Å². The van der Waals surface area contributed by atoms with Gasteiger partial charge in [-0.3, -0.25) is 0 Å². The van der Waals surface area contributed by atoms with Gasteiger partial charge in [0.25, 0.3) is 0 Å². The predicted molar refractivity (Wildman–Crippen MR) is 91.4 cm³/mol. The summed E-state index contributed by atoms with van der Waals surface area (Å²) in [4.78, 5) is 1.30. The van der Waals surface area contributed by atoms with Crippen molar-refractivity contribution in [3.63, 3.8) is 0 Å². The maximum Gasteiger partial charge on any atom is 0.243 e. The fraction of sp³-hybridized carbons (Fsp3) is 0.286. The molecule has 0 aliphatic heterocycles. The standard InChI is InChI=1S/C14H15BrClNO2S2/c1-10-11(7-16)4-3-5-14(10)21(18,19)17(2)8-13-6-12(15)9-20-13/h3-6,9H,7-8H2,1-2H3. The molecule has 2 rings (SSSR count). The molecule has 0 saturated carbocycles. The summed E-state index contributed by atoms with van der Waals surface area (Å²) in [6, 6.07) is 7.13. The summed E-state index contributed by atoms with van der Waals surface area (Å²) in [7, 11) is -1.93. The van der Waals surface area contributed by atoms with Gasteiger partial charge < -0.3 is 0 Å². The van der Waals surface area contributed by atoms with Crippen molar-refractivity contribution in [2.75, 3.05) is 7.05 Å². The van der Waals surface area contributed by atoms with Gasteiger partial charge in [0.05, 0.1) is 4.90 Å². The first-order valence-corrected chi connectivity index (χ1v) is 9.84. The molecule has 0 aliphatic rings. The second-order valence-corrected chi connectivity index (χ2v) is 8.86. The number of hydrogen-bond acceptors (Lipinski definition) is 3. The molecule has 7 heteroatoms. The molecule has 0 N–H and O–H groups in total. The van der Waals surface area contributed by atoms with Crippen molar-refractivity contribution in [2.24, 2.45) is 0 Å². The van der Waals surface area contributed by atoms with Crippen molar-refractivity contribution >= 4 is 48.9 Å². The number of alkyl halides is 1. The smallest absolute Gasteiger partial charge is 0.207 e. The Labute approximate surface area is 142 Å². The van der Waals surface area contributed by atoms with Crippen molar-refractivity contribution in [3.05, 3.63) is 50.1 Å². The zero-order chi connectivity index (χ0) is 15.6. The number of thiophene rings is 1. The summed E-state index contributed by atoms with van der Waals surface area (Å²) in [6.07, 6.45) is 0. The van der Waals surface area contributed by atoms with Crippen molar-refractivity contribution in [3.8, 4) is 0 Å². The molecule has 114 valence electrons. The minimum absolute atomic E-state index is 0.302. The minimum atomic E-state index is -3.53. The zero-order valence-corrected chi connectivity index (χ0v) is 15.6. The van der Waals surface area contributed by atoms with Crippen LogP contribution in [0.1, 0.15) is 16.0 Å². The molecule has 0 fully saturated rings. The van der Waals surface area contributed by atoms with E-state index >= 15 is 0 Å². The van der Waals surface area contributed by atoms with Crippen LogP contribution in [0, 0.1) is 6.92 Å². The summed E-state index contributed by atoms with van der Waals surface area (Å²) in [5.74, 6) is 0.302. The molecule has 0 atom stereocenters. The Balaban J connectivity index is 2.33. The van der Waals surface area contributed by atoms with E-state index < -0.39 is 10.0 Å². The van der Waals surface area contributed by atoms with Gasteiger partial charge >= 0.3 is 0 Å². The highest BCUT2D eigenvalue weighted by atomic mass is 79.9. The first kappa shape index (κ1) is 17.0. The summed E-state index contributed by atoms with van der Waals surface area (Å²) in [5.41, 5.74) is 1.55. The summed E-state index contributed by atoms with van der Waals surface area (Å²) in [5, 5.41) is 1.94. The molecule has 1 aromatic heterocycles. The van der Waals surface area contributed by atoms with Gasteiger partial charge in [0, 0.05) is 34.2 Å². The Bertz CT molecular complexity index is 743. The third kappa shape index (κ3) is 3.68. The van der Waals surface area contributed by atoms with E-state index in [1.54, 1.807) is 26.1 Å². The molecule has 2 aromatic rings. The van der Waals surface area contributed by atoms with Gasteiger partial charge in [-0.05, 0) is 46.1 Å². The van der Waals surface area contributed by atoms with E-state index in [0.717, 1.165) is 14.9 Å². The largest absolute Gasteiger partial charge is 0.243 e. The van der Waals surface area contributed by atoms with Crippen molar-refractivity contribution in [1.82, 2.24) is 4.31 Å². The van der Waals surface area contributed by atoms with Gasteiger partial charge in [-0.25, -0.2) is 8.42 Å². The summed E-state index contributed by atoms with van der Waals surface area (Å²) in [6.45, 7) is 2.14. The lowest BCUT2D eigenvalue weighted by molar-refractivity contribution is 0.469. The quantitative estimate of drug-likeness (QED) is 0.689. The van der Waals surface area contributed by atoms with E-state index in [-0.39, 0.29) is 0 Å². The van der Waals surface area contributed by atoms with Crippen LogP contribution in [0.15, 0.2) is 39.0 Å². The van der Waals surface area contributed by atoms with Gasteiger partial charge in [0.2, 0.25) is 10.0 Å². The Morgan fingerprint density at radius 2 is 2.10 bits per heavy atom. The average molecular weight is 409 g/mol. The second-order valence-electron chi connectivity index (χ2n) is 4.67. The van der Waals surface area contributed by atoms with E-state index in [9.17, 15) is 8.42 Å². The topological polar surface area (TPSA) is 37.4 Å². The number of sulfonamides is 1. The molecular weight excluding hydrogens is 394 g/mol. The average Bonchev–Trinajstić information content (AvgIpc) is 2.84. The Morgan fingerprint density at radius 3 is 2.67 bits per heavy atom. The number of benzene rings is 1. The fourth-order valence-electron chi connectivity index (χ4n) is 1.99. The van der Waals surface area contributed by atoms with Crippen LogP contribution in [0.3, 0.4) is 0 Å². The lowest BCUT2D eigenvalue weighted by Crippen LogP contribution is -2.27. The number of halogens is 2. The van der Waals surface area contributed by atoms with Crippen molar-refractivity contribution in [2.45, 2.75) is 24.2 Å². The molecule has 0 radical (unpaired) electrons. The number of hydrogen-bond donors (Lipinski definition) is 0. The van der Waals surface area contributed by atoms with Crippen molar-refractivity contribution in [1.29, 1.82) is 0 Å². The molecule has 0 amide bonds. The normalized spacial score (nSPS) is 12.0. The van der Waals surface area contributed by atoms with Gasteiger partial charge in [0.15, 0.2) is 0 Å². The molecule has 1 heterocycles. The molecular formula is C14H15BrClNO2S2. The Hall–Kier alpha value is -0.400. The number of rotatable bonds is 5. The first-order chi connectivity index (χ1) is 9.86. The van der Waals surface area contributed by atoms with Gasteiger partial charge in [-0.2, -0.15) is 4.31 Å². The van der Waals surface area contributed by atoms with E-state index in [1.807, 2.05) is 17.5 Å². The highest BCUT2D eigenvalue weighted by Gasteiger charge is 2.24. The maximum absolute atomic E-state index is 12.7. The first-order valence-electron chi connectivity index (χ1n) is 6.20. The fourth-order valence-corrected chi connectivity index (χ4v) is 5.28. The zero-order valence-electron chi connectivity index (χ0n) is 11.6. The summed E-state index contributed by atoms with van der Waals surface area (Å²) >= 11 is 10.8. The van der Waals surface area contributed by atoms with Crippen LogP contribution in [-0.2, 0) is 22.4 Å². The highest BCUT2D eigenvalue weighted by molar-refractivity contribution is 9.10.